The van der Waals surface area contributed by atoms with Gasteiger partial charge in [-0.15, -0.1) is 0 Å². The maximum absolute atomic E-state index is 12.8. The number of aromatic nitrogens is 2. The van der Waals surface area contributed by atoms with Gasteiger partial charge >= 0.3 is 0 Å². The van der Waals surface area contributed by atoms with Gasteiger partial charge in [0.1, 0.15) is 6.33 Å². The molecule has 2 fully saturated rings. The summed E-state index contributed by atoms with van der Waals surface area (Å²) in [6.45, 7) is 3.83. The van der Waals surface area contributed by atoms with E-state index < -0.39 is 0 Å². The van der Waals surface area contributed by atoms with Crippen molar-refractivity contribution in [3.8, 4) is 11.1 Å². The van der Waals surface area contributed by atoms with Crippen LogP contribution in [-0.2, 0) is 9.53 Å². The van der Waals surface area contributed by atoms with Crippen molar-refractivity contribution in [1.82, 2.24) is 19.8 Å². The molecule has 0 saturated carbocycles. The van der Waals surface area contributed by atoms with Crippen LogP contribution < -0.4 is 0 Å². The zero-order valence-electron chi connectivity index (χ0n) is 15.8. The number of carbonyl (C=O) groups is 2. The summed E-state index contributed by atoms with van der Waals surface area (Å²) in [4.78, 5) is 37.2. The predicted octanol–water partition coefficient (Wildman–Crippen LogP) is 1.85. The van der Waals surface area contributed by atoms with E-state index in [1.807, 2.05) is 34.1 Å². The Kier molecular flexibility index (Phi) is 5.62. The standard InChI is InChI=1S/C21H24N4O3/c26-20(17-3-1-16(2-4-17)19-13-22-15-23-14-19)24-7-5-18(6-8-24)21(27)25-9-11-28-12-10-25/h1-4,13-15,18H,5-12H2. The summed E-state index contributed by atoms with van der Waals surface area (Å²) in [7, 11) is 0. The maximum Gasteiger partial charge on any atom is 0.253 e. The quantitative estimate of drug-likeness (QED) is 0.812. The maximum atomic E-state index is 12.8. The van der Waals surface area contributed by atoms with E-state index in [-0.39, 0.29) is 17.7 Å². The zero-order valence-corrected chi connectivity index (χ0v) is 15.8. The third-order valence-electron chi connectivity index (χ3n) is 5.48. The van der Waals surface area contributed by atoms with E-state index in [9.17, 15) is 9.59 Å². The number of hydrogen-bond acceptors (Lipinski definition) is 5. The first-order valence-corrected chi connectivity index (χ1v) is 9.73. The Hall–Kier alpha value is -2.80. The second-order valence-electron chi connectivity index (χ2n) is 7.21. The summed E-state index contributed by atoms with van der Waals surface area (Å²) in [5, 5.41) is 0. The van der Waals surface area contributed by atoms with E-state index in [0.29, 0.717) is 45.0 Å². The van der Waals surface area contributed by atoms with Gasteiger partial charge in [0.25, 0.3) is 5.91 Å². The molecule has 0 radical (unpaired) electrons. The minimum atomic E-state index is 0.0163. The molecule has 0 aliphatic carbocycles. The molecule has 2 aliphatic rings. The monoisotopic (exact) mass is 380 g/mol. The summed E-state index contributed by atoms with van der Waals surface area (Å²) < 4.78 is 5.32. The number of morpholine rings is 1. The number of nitrogens with zero attached hydrogens (tertiary/aromatic N) is 4. The average molecular weight is 380 g/mol. The average Bonchev–Trinajstić information content (AvgIpc) is 2.79. The third-order valence-corrected chi connectivity index (χ3v) is 5.48. The van der Waals surface area contributed by atoms with Gasteiger partial charge in [0.2, 0.25) is 5.91 Å². The smallest absolute Gasteiger partial charge is 0.253 e. The molecule has 2 aromatic rings. The number of rotatable bonds is 3. The molecule has 0 N–H and O–H groups in total. The highest BCUT2D eigenvalue weighted by Gasteiger charge is 2.31. The van der Waals surface area contributed by atoms with Crippen LogP contribution in [0.25, 0.3) is 11.1 Å². The fourth-order valence-corrected chi connectivity index (χ4v) is 3.81. The molecule has 7 heteroatoms. The van der Waals surface area contributed by atoms with Crippen LogP contribution in [0.15, 0.2) is 43.0 Å². The van der Waals surface area contributed by atoms with Gasteiger partial charge < -0.3 is 14.5 Å². The zero-order chi connectivity index (χ0) is 19.3. The van der Waals surface area contributed by atoms with Gasteiger partial charge in [-0.3, -0.25) is 9.59 Å². The summed E-state index contributed by atoms with van der Waals surface area (Å²) >= 11 is 0. The molecular weight excluding hydrogens is 356 g/mol. The summed E-state index contributed by atoms with van der Waals surface area (Å²) in [6.07, 6.45) is 6.44. The number of benzene rings is 1. The van der Waals surface area contributed by atoms with Gasteiger partial charge in [0, 0.05) is 55.6 Å². The van der Waals surface area contributed by atoms with Gasteiger partial charge in [-0.1, -0.05) is 12.1 Å². The molecular formula is C21H24N4O3. The lowest BCUT2D eigenvalue weighted by molar-refractivity contribution is -0.141. The second kappa shape index (κ2) is 8.48. The minimum Gasteiger partial charge on any atom is -0.378 e. The number of hydrogen-bond donors (Lipinski definition) is 0. The molecule has 0 bridgehead atoms. The van der Waals surface area contributed by atoms with Gasteiger partial charge in [-0.25, -0.2) is 9.97 Å². The summed E-state index contributed by atoms with van der Waals surface area (Å²) in [5.41, 5.74) is 2.56. The van der Waals surface area contributed by atoms with Crippen molar-refractivity contribution in [2.75, 3.05) is 39.4 Å². The van der Waals surface area contributed by atoms with E-state index in [2.05, 4.69) is 9.97 Å². The number of piperidine rings is 1. The van der Waals surface area contributed by atoms with Crippen LogP contribution in [0.1, 0.15) is 23.2 Å². The Morgan fingerprint density at radius 3 is 2.14 bits per heavy atom. The molecule has 0 atom stereocenters. The van der Waals surface area contributed by atoms with Crippen LogP contribution in [0, 0.1) is 5.92 Å². The normalized spacial score (nSPS) is 18.1. The molecule has 0 spiro atoms. The molecule has 2 amide bonds. The van der Waals surface area contributed by atoms with Gasteiger partial charge in [0.05, 0.1) is 13.2 Å². The Morgan fingerprint density at radius 1 is 0.857 bits per heavy atom. The van der Waals surface area contributed by atoms with Crippen molar-refractivity contribution in [1.29, 1.82) is 0 Å². The summed E-state index contributed by atoms with van der Waals surface area (Å²) in [6, 6.07) is 7.52. The molecule has 1 aromatic carbocycles. The minimum absolute atomic E-state index is 0.0163. The second-order valence-corrected chi connectivity index (χ2v) is 7.21. The van der Waals surface area contributed by atoms with E-state index in [4.69, 9.17) is 4.74 Å². The number of amides is 2. The van der Waals surface area contributed by atoms with E-state index >= 15 is 0 Å². The number of ether oxygens (including phenoxy) is 1. The highest BCUT2D eigenvalue weighted by atomic mass is 16.5. The summed E-state index contributed by atoms with van der Waals surface area (Å²) in [5.74, 6) is 0.251. The number of likely N-dealkylation sites (tertiary alicyclic amines) is 1. The van der Waals surface area contributed by atoms with E-state index in [0.717, 1.165) is 24.0 Å². The van der Waals surface area contributed by atoms with Gasteiger partial charge in [0.15, 0.2) is 0 Å². The Balaban J connectivity index is 1.34. The lowest BCUT2D eigenvalue weighted by Crippen LogP contribution is -2.47. The van der Waals surface area contributed by atoms with Crippen LogP contribution in [0.5, 0.6) is 0 Å². The van der Waals surface area contributed by atoms with Crippen molar-refractivity contribution in [2.24, 2.45) is 5.92 Å². The van der Waals surface area contributed by atoms with Crippen molar-refractivity contribution < 1.29 is 14.3 Å². The molecule has 3 heterocycles. The molecule has 4 rings (SSSR count). The highest BCUT2D eigenvalue weighted by molar-refractivity contribution is 5.95. The molecule has 28 heavy (non-hydrogen) atoms. The highest BCUT2D eigenvalue weighted by Crippen LogP contribution is 2.23. The van der Waals surface area contributed by atoms with Gasteiger partial charge in [-0.05, 0) is 30.5 Å². The van der Waals surface area contributed by atoms with Crippen molar-refractivity contribution in [2.45, 2.75) is 12.8 Å². The fourth-order valence-electron chi connectivity index (χ4n) is 3.81. The van der Waals surface area contributed by atoms with Crippen molar-refractivity contribution in [3.63, 3.8) is 0 Å². The third kappa shape index (κ3) is 4.04. The van der Waals surface area contributed by atoms with Crippen LogP contribution >= 0.6 is 0 Å². The first kappa shape index (κ1) is 18.6. The SMILES string of the molecule is O=C(c1ccc(-c2cncnc2)cc1)N1CCC(C(=O)N2CCOCC2)CC1. The molecule has 7 nitrogen and oxygen atoms in total. The predicted molar refractivity (Wildman–Crippen MR) is 103 cm³/mol. The van der Waals surface area contributed by atoms with Crippen LogP contribution in [0.2, 0.25) is 0 Å². The Bertz CT molecular complexity index is 811. The van der Waals surface area contributed by atoms with E-state index in [1.54, 1.807) is 12.4 Å². The van der Waals surface area contributed by atoms with E-state index in [1.165, 1.54) is 6.33 Å². The molecule has 146 valence electrons. The Labute approximate surface area is 164 Å². The van der Waals surface area contributed by atoms with Crippen LogP contribution in [0.3, 0.4) is 0 Å². The molecule has 2 aliphatic heterocycles. The first-order chi connectivity index (χ1) is 13.7. The van der Waals surface area contributed by atoms with Crippen LogP contribution in [0.4, 0.5) is 0 Å². The molecule has 2 saturated heterocycles. The molecule has 0 unspecified atom stereocenters. The van der Waals surface area contributed by atoms with Gasteiger partial charge in [-0.2, -0.15) is 0 Å². The lowest BCUT2D eigenvalue weighted by Gasteiger charge is -2.35. The first-order valence-electron chi connectivity index (χ1n) is 9.73. The lowest BCUT2D eigenvalue weighted by atomic mass is 9.94. The molecule has 1 aromatic heterocycles. The van der Waals surface area contributed by atoms with Crippen molar-refractivity contribution >= 4 is 11.8 Å². The fraction of sp³-hybridized carbons (Fsp3) is 0.429. The number of carbonyl (C=O) groups excluding carboxylic acids is 2. The largest absolute Gasteiger partial charge is 0.378 e. The topological polar surface area (TPSA) is 75.6 Å². The van der Waals surface area contributed by atoms with Crippen LogP contribution in [-0.4, -0.2) is 71.0 Å². The Morgan fingerprint density at radius 2 is 1.50 bits per heavy atom. The van der Waals surface area contributed by atoms with Crippen molar-refractivity contribution in [3.05, 3.63) is 48.5 Å².